The molecular formula is C28H30ClN5O2. The van der Waals surface area contributed by atoms with Gasteiger partial charge >= 0.3 is 0 Å². The summed E-state index contributed by atoms with van der Waals surface area (Å²) in [7, 11) is 0. The largest absolute Gasteiger partial charge is 0.353 e. The molecule has 1 aliphatic rings. The fourth-order valence-electron chi connectivity index (χ4n) is 5.03. The lowest BCUT2D eigenvalue weighted by atomic mass is 10.0. The van der Waals surface area contributed by atoms with E-state index in [1.165, 1.54) is 0 Å². The van der Waals surface area contributed by atoms with E-state index < -0.39 is 0 Å². The molecule has 1 atom stereocenters. The minimum atomic E-state index is -0.232. The normalized spacial score (nSPS) is 16.0. The van der Waals surface area contributed by atoms with Crippen molar-refractivity contribution in [3.63, 3.8) is 0 Å². The Labute approximate surface area is 215 Å². The standard InChI is InChI=1S/C28H30ClN5O2/c1-18-19(2)34-26(28(36)33(18)17-25(35)20-9-4-3-5-10-20)23(15-21-11-6-7-13-24(21)29)27(31-34)32-14-8-12-22(30)16-32/h3-7,9-11,13,22H,8,12,14-17,30H2,1-2H3/t22-/m1/s1. The average molecular weight is 504 g/mol. The lowest BCUT2D eigenvalue weighted by Crippen LogP contribution is -2.43. The molecule has 1 aliphatic heterocycles. The van der Waals surface area contributed by atoms with Crippen molar-refractivity contribution in [2.24, 2.45) is 5.73 Å². The third-order valence-electron chi connectivity index (χ3n) is 7.14. The fourth-order valence-corrected chi connectivity index (χ4v) is 5.23. The van der Waals surface area contributed by atoms with Crippen molar-refractivity contribution in [2.75, 3.05) is 18.0 Å². The number of hydrogen-bond donors (Lipinski definition) is 1. The molecule has 0 aliphatic carbocycles. The predicted molar refractivity (Wildman–Crippen MR) is 143 cm³/mol. The zero-order valence-electron chi connectivity index (χ0n) is 20.6. The second-order valence-electron chi connectivity index (χ2n) is 9.53. The number of nitrogens with two attached hydrogens (primary N) is 1. The van der Waals surface area contributed by atoms with Crippen molar-refractivity contribution >= 4 is 28.7 Å². The van der Waals surface area contributed by atoms with Gasteiger partial charge in [-0.1, -0.05) is 60.1 Å². The molecule has 2 N–H and O–H groups in total. The van der Waals surface area contributed by atoms with Crippen LogP contribution < -0.4 is 16.2 Å². The summed E-state index contributed by atoms with van der Waals surface area (Å²) in [5.74, 6) is 0.649. The second-order valence-corrected chi connectivity index (χ2v) is 9.94. The Balaban J connectivity index is 1.69. The first-order chi connectivity index (χ1) is 17.3. The molecule has 5 rings (SSSR count). The van der Waals surface area contributed by atoms with E-state index in [-0.39, 0.29) is 23.9 Å². The maximum atomic E-state index is 14.0. The van der Waals surface area contributed by atoms with Gasteiger partial charge in [0, 0.05) is 47.4 Å². The predicted octanol–water partition coefficient (Wildman–Crippen LogP) is 4.17. The number of carbonyl (C=O) groups is 1. The minimum Gasteiger partial charge on any atom is -0.353 e. The molecule has 36 heavy (non-hydrogen) atoms. The van der Waals surface area contributed by atoms with E-state index in [4.69, 9.17) is 22.4 Å². The first-order valence-electron chi connectivity index (χ1n) is 12.3. The van der Waals surface area contributed by atoms with Gasteiger partial charge < -0.3 is 15.2 Å². The maximum Gasteiger partial charge on any atom is 0.277 e. The number of ketones is 1. The SMILES string of the molecule is Cc1c(C)n2nc(N3CCC[C@@H](N)C3)c(Cc3ccccc3Cl)c2c(=O)n1CC(=O)c1ccccc1. The highest BCUT2D eigenvalue weighted by Crippen LogP contribution is 2.30. The number of aromatic nitrogens is 3. The Hall–Kier alpha value is -3.42. The van der Waals surface area contributed by atoms with Gasteiger partial charge in [-0.05, 0) is 38.3 Å². The van der Waals surface area contributed by atoms with E-state index in [0.717, 1.165) is 42.0 Å². The monoisotopic (exact) mass is 503 g/mol. The molecule has 0 saturated carbocycles. The van der Waals surface area contributed by atoms with Crippen LogP contribution in [0.15, 0.2) is 59.4 Å². The van der Waals surface area contributed by atoms with E-state index in [1.807, 2.05) is 56.3 Å². The number of carbonyl (C=O) groups excluding carboxylic acids is 1. The fraction of sp³-hybridized carbons (Fsp3) is 0.321. The number of halogens is 1. The van der Waals surface area contributed by atoms with Crippen molar-refractivity contribution < 1.29 is 4.79 Å². The molecule has 0 unspecified atom stereocenters. The molecule has 3 heterocycles. The number of aryl methyl sites for hydroxylation is 1. The number of rotatable bonds is 6. The minimum absolute atomic E-state index is 0.0351. The van der Waals surface area contributed by atoms with Gasteiger partial charge in [0.05, 0.1) is 12.2 Å². The summed E-state index contributed by atoms with van der Waals surface area (Å²) in [4.78, 5) is 29.2. The van der Waals surface area contributed by atoms with E-state index in [1.54, 1.807) is 21.2 Å². The molecule has 4 aromatic rings. The number of benzene rings is 2. The number of hydrogen-bond acceptors (Lipinski definition) is 5. The smallest absolute Gasteiger partial charge is 0.277 e. The summed E-state index contributed by atoms with van der Waals surface area (Å²) >= 11 is 6.53. The summed E-state index contributed by atoms with van der Waals surface area (Å²) < 4.78 is 3.31. The van der Waals surface area contributed by atoms with Crippen molar-refractivity contribution in [1.29, 1.82) is 0 Å². The summed E-state index contributed by atoms with van der Waals surface area (Å²) in [6.07, 6.45) is 2.39. The van der Waals surface area contributed by atoms with Gasteiger partial charge in [0.1, 0.15) is 5.52 Å². The van der Waals surface area contributed by atoms with Crippen LogP contribution in [0, 0.1) is 13.8 Å². The molecule has 0 radical (unpaired) electrons. The maximum absolute atomic E-state index is 14.0. The van der Waals surface area contributed by atoms with Gasteiger partial charge in [-0.3, -0.25) is 9.59 Å². The molecule has 186 valence electrons. The van der Waals surface area contributed by atoms with Crippen LogP contribution in [0.4, 0.5) is 5.82 Å². The molecule has 2 aromatic carbocycles. The number of fused-ring (bicyclic) bond motifs is 1. The summed E-state index contributed by atoms with van der Waals surface area (Å²) in [5.41, 5.74) is 10.4. The molecular weight excluding hydrogens is 474 g/mol. The van der Waals surface area contributed by atoms with Gasteiger partial charge in [-0.25, -0.2) is 4.52 Å². The molecule has 1 fully saturated rings. The van der Waals surface area contributed by atoms with Crippen LogP contribution in [-0.2, 0) is 13.0 Å². The third-order valence-corrected chi connectivity index (χ3v) is 7.50. The van der Waals surface area contributed by atoms with Crippen molar-refractivity contribution in [2.45, 2.75) is 45.7 Å². The van der Waals surface area contributed by atoms with Crippen LogP contribution in [-0.4, -0.2) is 39.1 Å². The van der Waals surface area contributed by atoms with E-state index in [2.05, 4.69) is 4.90 Å². The van der Waals surface area contributed by atoms with Crippen LogP contribution in [0.3, 0.4) is 0 Å². The van der Waals surface area contributed by atoms with Crippen LogP contribution in [0.25, 0.3) is 5.52 Å². The second kappa shape index (κ2) is 9.91. The number of Topliss-reactive ketones (excluding diaryl/α,β-unsaturated/α-hetero) is 1. The van der Waals surface area contributed by atoms with Crippen molar-refractivity contribution in [3.8, 4) is 0 Å². The Morgan fingerprint density at radius 1 is 1.08 bits per heavy atom. The molecule has 7 nitrogen and oxygen atoms in total. The quantitative estimate of drug-likeness (QED) is 0.399. The molecule has 8 heteroatoms. The lowest BCUT2D eigenvalue weighted by Gasteiger charge is -2.31. The van der Waals surface area contributed by atoms with E-state index >= 15 is 0 Å². The number of nitrogens with zero attached hydrogens (tertiary/aromatic N) is 4. The summed E-state index contributed by atoms with van der Waals surface area (Å²) in [6, 6.07) is 16.8. The highest BCUT2D eigenvalue weighted by molar-refractivity contribution is 6.31. The van der Waals surface area contributed by atoms with Gasteiger partial charge in [-0.2, -0.15) is 0 Å². The average Bonchev–Trinajstić information content (AvgIpc) is 3.26. The zero-order valence-corrected chi connectivity index (χ0v) is 21.3. The topological polar surface area (TPSA) is 85.6 Å². The van der Waals surface area contributed by atoms with Crippen LogP contribution >= 0.6 is 11.6 Å². The van der Waals surface area contributed by atoms with Gasteiger partial charge in [-0.15, -0.1) is 5.10 Å². The first-order valence-corrected chi connectivity index (χ1v) is 12.7. The number of piperidine rings is 1. The van der Waals surface area contributed by atoms with E-state index in [9.17, 15) is 9.59 Å². The van der Waals surface area contributed by atoms with Gasteiger partial charge in [0.25, 0.3) is 5.56 Å². The highest BCUT2D eigenvalue weighted by atomic mass is 35.5. The molecule has 0 amide bonds. The Morgan fingerprint density at radius 2 is 1.81 bits per heavy atom. The Morgan fingerprint density at radius 3 is 2.53 bits per heavy atom. The Kier molecular flexibility index (Phi) is 6.69. The molecule has 2 aromatic heterocycles. The van der Waals surface area contributed by atoms with Crippen LogP contribution in [0.5, 0.6) is 0 Å². The summed E-state index contributed by atoms with van der Waals surface area (Å²) in [6.45, 7) is 5.26. The van der Waals surface area contributed by atoms with Crippen LogP contribution in [0.2, 0.25) is 5.02 Å². The lowest BCUT2D eigenvalue weighted by molar-refractivity contribution is 0.0970. The first kappa shape index (κ1) is 24.3. The molecule has 0 spiro atoms. The molecule has 0 bridgehead atoms. The zero-order chi connectivity index (χ0) is 25.4. The van der Waals surface area contributed by atoms with Crippen molar-refractivity contribution in [3.05, 3.63) is 98.1 Å². The van der Waals surface area contributed by atoms with Gasteiger partial charge in [0.2, 0.25) is 0 Å². The van der Waals surface area contributed by atoms with Gasteiger partial charge in [0.15, 0.2) is 11.6 Å². The molecule has 1 saturated heterocycles. The number of anilines is 1. The summed E-state index contributed by atoms with van der Waals surface area (Å²) in [5, 5.41) is 5.58. The highest BCUT2D eigenvalue weighted by Gasteiger charge is 2.27. The van der Waals surface area contributed by atoms with Crippen molar-refractivity contribution in [1.82, 2.24) is 14.2 Å². The van der Waals surface area contributed by atoms with Crippen LogP contribution in [0.1, 0.15) is 45.7 Å². The van der Waals surface area contributed by atoms with E-state index in [0.29, 0.717) is 34.8 Å². The third kappa shape index (κ3) is 4.45. The Bertz CT molecular complexity index is 1490.